The number of aliphatic hydroxyl groups is 1. The molecule has 0 saturated heterocycles. The number of hydrogen-bond donors (Lipinski definition) is 2. The van der Waals surface area contributed by atoms with E-state index in [-0.39, 0.29) is 24.1 Å². The predicted molar refractivity (Wildman–Crippen MR) is 78.7 cm³/mol. The zero-order chi connectivity index (χ0) is 17.3. The minimum Gasteiger partial charge on any atom is -0.393 e. The van der Waals surface area contributed by atoms with Gasteiger partial charge in [-0.2, -0.15) is 13.2 Å². The normalized spacial score (nSPS) is 20.5. The van der Waals surface area contributed by atoms with Crippen LogP contribution in [0.1, 0.15) is 35.6 Å². The molecular formula is C16H15F4N3O. The largest absolute Gasteiger partial charge is 0.416 e. The number of aromatic nitrogens is 2. The summed E-state index contributed by atoms with van der Waals surface area (Å²) in [6.45, 7) is 0.00765. The zero-order valence-corrected chi connectivity index (χ0v) is 12.5. The lowest BCUT2D eigenvalue weighted by Gasteiger charge is -2.30. The Labute approximate surface area is 135 Å². The lowest BCUT2D eigenvalue weighted by Crippen LogP contribution is -2.27. The number of anilines is 1. The summed E-state index contributed by atoms with van der Waals surface area (Å²) >= 11 is 0. The Balaban J connectivity index is 1.67. The van der Waals surface area contributed by atoms with E-state index in [1.807, 2.05) is 0 Å². The second-order valence-corrected chi connectivity index (χ2v) is 5.81. The molecule has 1 fully saturated rings. The first-order valence-corrected chi connectivity index (χ1v) is 7.42. The van der Waals surface area contributed by atoms with Crippen LogP contribution < -0.4 is 5.32 Å². The molecule has 8 heteroatoms. The summed E-state index contributed by atoms with van der Waals surface area (Å²) in [7, 11) is 0. The molecule has 2 N–H and O–H groups in total. The van der Waals surface area contributed by atoms with Gasteiger partial charge in [0.1, 0.15) is 18.0 Å². The van der Waals surface area contributed by atoms with E-state index in [2.05, 4.69) is 15.3 Å². The highest BCUT2D eigenvalue weighted by atomic mass is 19.4. The number of halogens is 4. The second kappa shape index (κ2) is 6.35. The molecule has 1 aliphatic rings. The van der Waals surface area contributed by atoms with Crippen molar-refractivity contribution in [3.05, 3.63) is 53.2 Å². The van der Waals surface area contributed by atoms with Crippen LogP contribution in [0.3, 0.4) is 0 Å². The quantitative estimate of drug-likeness (QED) is 0.836. The summed E-state index contributed by atoms with van der Waals surface area (Å²) in [5.74, 6) is -0.291. The fourth-order valence-electron chi connectivity index (χ4n) is 2.57. The summed E-state index contributed by atoms with van der Waals surface area (Å²) in [5, 5.41) is 12.2. The monoisotopic (exact) mass is 341 g/mol. The third-order valence-electron chi connectivity index (χ3n) is 4.06. The van der Waals surface area contributed by atoms with Gasteiger partial charge in [-0.3, -0.25) is 0 Å². The van der Waals surface area contributed by atoms with Gasteiger partial charge in [-0.15, -0.1) is 0 Å². The molecule has 1 aromatic heterocycles. The lowest BCUT2D eigenvalue weighted by atomic mass is 9.80. The molecule has 4 nitrogen and oxygen atoms in total. The van der Waals surface area contributed by atoms with Crippen LogP contribution >= 0.6 is 0 Å². The van der Waals surface area contributed by atoms with E-state index in [1.165, 1.54) is 6.33 Å². The molecule has 1 saturated carbocycles. The highest BCUT2D eigenvalue weighted by Crippen LogP contribution is 2.36. The van der Waals surface area contributed by atoms with Crippen LogP contribution in [0, 0.1) is 5.82 Å². The van der Waals surface area contributed by atoms with Crippen molar-refractivity contribution >= 4 is 5.82 Å². The molecule has 0 amide bonds. The molecule has 1 aliphatic carbocycles. The number of aliphatic hydroxyl groups excluding tert-OH is 1. The van der Waals surface area contributed by atoms with Crippen molar-refractivity contribution in [1.29, 1.82) is 0 Å². The Bertz CT molecular complexity index is 730. The molecule has 0 spiro atoms. The van der Waals surface area contributed by atoms with Crippen molar-refractivity contribution in [2.45, 2.75) is 37.6 Å². The Hall–Kier alpha value is -2.22. The third-order valence-corrected chi connectivity index (χ3v) is 4.06. The molecule has 0 bridgehead atoms. The number of benzene rings is 1. The highest BCUT2D eigenvalue weighted by Gasteiger charge is 2.31. The predicted octanol–water partition coefficient (Wildman–Crippen LogP) is 3.48. The molecule has 128 valence electrons. The molecule has 0 atom stereocenters. The minimum absolute atomic E-state index is 0.00765. The molecule has 3 rings (SSSR count). The molecule has 0 aliphatic heterocycles. The van der Waals surface area contributed by atoms with Gasteiger partial charge >= 0.3 is 6.18 Å². The average Bonchev–Trinajstić information content (AvgIpc) is 2.50. The van der Waals surface area contributed by atoms with E-state index in [0.717, 1.165) is 17.8 Å². The Kier molecular flexibility index (Phi) is 4.40. The molecule has 0 unspecified atom stereocenters. The van der Waals surface area contributed by atoms with Crippen molar-refractivity contribution < 1.29 is 22.7 Å². The van der Waals surface area contributed by atoms with Crippen molar-refractivity contribution in [3.8, 4) is 0 Å². The van der Waals surface area contributed by atoms with E-state index < -0.39 is 17.6 Å². The molecule has 2 aromatic rings. The topological polar surface area (TPSA) is 58.0 Å². The molecule has 0 radical (unpaired) electrons. The summed E-state index contributed by atoms with van der Waals surface area (Å²) in [5.41, 5.74) is -0.121. The van der Waals surface area contributed by atoms with E-state index in [1.54, 1.807) is 6.07 Å². The standard InChI is InChI=1S/C16H15F4N3O/c17-13-5-11(16(18,19)20)2-1-9(13)7-21-15-6-14(22-8-23-15)10-3-12(24)4-10/h1-2,5-6,8,10,12,24H,3-4,7H2,(H,21,22,23). The highest BCUT2D eigenvalue weighted by molar-refractivity contribution is 5.38. The summed E-state index contributed by atoms with van der Waals surface area (Å²) in [6, 6.07) is 4.15. The van der Waals surface area contributed by atoms with Crippen molar-refractivity contribution in [2.75, 3.05) is 5.32 Å². The van der Waals surface area contributed by atoms with E-state index in [4.69, 9.17) is 0 Å². The average molecular weight is 341 g/mol. The smallest absolute Gasteiger partial charge is 0.393 e. The lowest BCUT2D eigenvalue weighted by molar-refractivity contribution is -0.137. The number of rotatable bonds is 4. The number of alkyl halides is 3. The fourth-order valence-corrected chi connectivity index (χ4v) is 2.57. The van der Waals surface area contributed by atoms with Crippen molar-refractivity contribution in [3.63, 3.8) is 0 Å². The van der Waals surface area contributed by atoms with Gasteiger partial charge in [-0.25, -0.2) is 14.4 Å². The van der Waals surface area contributed by atoms with Gasteiger partial charge in [0.15, 0.2) is 0 Å². The number of nitrogens with zero attached hydrogens (tertiary/aromatic N) is 2. The van der Waals surface area contributed by atoms with Crippen LogP contribution in [0.2, 0.25) is 0 Å². The Morgan fingerprint density at radius 2 is 1.92 bits per heavy atom. The molecule has 24 heavy (non-hydrogen) atoms. The maximum absolute atomic E-state index is 13.8. The van der Waals surface area contributed by atoms with Gasteiger partial charge < -0.3 is 10.4 Å². The van der Waals surface area contributed by atoms with Gasteiger partial charge in [0, 0.05) is 29.8 Å². The Morgan fingerprint density at radius 1 is 1.17 bits per heavy atom. The van der Waals surface area contributed by atoms with Crippen LogP contribution in [-0.4, -0.2) is 21.2 Å². The summed E-state index contributed by atoms with van der Waals surface area (Å²) < 4.78 is 51.4. The van der Waals surface area contributed by atoms with Crippen LogP contribution in [0.5, 0.6) is 0 Å². The first kappa shape index (κ1) is 16.6. The van der Waals surface area contributed by atoms with E-state index in [0.29, 0.717) is 24.7 Å². The maximum Gasteiger partial charge on any atom is 0.416 e. The molecule has 1 heterocycles. The van der Waals surface area contributed by atoms with Crippen LogP contribution in [0.4, 0.5) is 23.4 Å². The first-order valence-electron chi connectivity index (χ1n) is 7.42. The molecular weight excluding hydrogens is 326 g/mol. The van der Waals surface area contributed by atoms with Crippen LogP contribution in [0.25, 0.3) is 0 Å². The first-order chi connectivity index (χ1) is 11.3. The number of hydrogen-bond acceptors (Lipinski definition) is 4. The van der Waals surface area contributed by atoms with Gasteiger partial charge in [0.25, 0.3) is 0 Å². The van der Waals surface area contributed by atoms with Crippen molar-refractivity contribution in [2.24, 2.45) is 0 Å². The zero-order valence-electron chi connectivity index (χ0n) is 12.5. The van der Waals surface area contributed by atoms with E-state index in [9.17, 15) is 22.7 Å². The van der Waals surface area contributed by atoms with Gasteiger partial charge in [0.05, 0.1) is 11.7 Å². The SMILES string of the molecule is OC1CC(c2cc(NCc3ccc(C(F)(F)F)cc3F)ncn2)C1. The van der Waals surface area contributed by atoms with E-state index >= 15 is 0 Å². The fraction of sp³-hybridized carbons (Fsp3) is 0.375. The van der Waals surface area contributed by atoms with Gasteiger partial charge in [0.2, 0.25) is 0 Å². The molecule has 1 aromatic carbocycles. The van der Waals surface area contributed by atoms with Gasteiger partial charge in [-0.1, -0.05) is 6.07 Å². The minimum atomic E-state index is -4.57. The summed E-state index contributed by atoms with van der Waals surface area (Å²) in [6.07, 6.45) is -2.22. The Morgan fingerprint density at radius 3 is 2.54 bits per heavy atom. The van der Waals surface area contributed by atoms with Gasteiger partial charge in [-0.05, 0) is 25.0 Å². The second-order valence-electron chi connectivity index (χ2n) is 5.81. The maximum atomic E-state index is 13.8. The van der Waals surface area contributed by atoms with Crippen LogP contribution in [-0.2, 0) is 12.7 Å². The van der Waals surface area contributed by atoms with Crippen molar-refractivity contribution in [1.82, 2.24) is 9.97 Å². The summed E-state index contributed by atoms with van der Waals surface area (Å²) in [4.78, 5) is 8.16. The third kappa shape index (κ3) is 3.64. The number of nitrogens with one attached hydrogen (secondary N) is 1. The van der Waals surface area contributed by atoms with Crippen LogP contribution in [0.15, 0.2) is 30.6 Å².